The Kier molecular flexibility index (Phi) is 5.29. The minimum absolute atomic E-state index is 0.338. The van der Waals surface area contributed by atoms with E-state index >= 15 is 0 Å². The van der Waals surface area contributed by atoms with Crippen LogP contribution in [0.15, 0.2) is 47.5 Å². The van der Waals surface area contributed by atoms with Crippen molar-refractivity contribution in [3.63, 3.8) is 0 Å². The first kappa shape index (κ1) is 16.2. The average Bonchev–Trinajstić information content (AvgIpc) is 2.46. The molecule has 3 N–H and O–H groups in total. The van der Waals surface area contributed by atoms with Crippen molar-refractivity contribution in [1.29, 1.82) is 0 Å². The van der Waals surface area contributed by atoms with Crippen LogP contribution < -0.4 is 15.8 Å². The molecular formula is C14H16FN3O3S. The lowest BCUT2D eigenvalue weighted by molar-refractivity contribution is 0.313. The first-order valence-electron chi connectivity index (χ1n) is 6.54. The zero-order chi connectivity index (χ0) is 16.0. The molecule has 6 nitrogen and oxygen atoms in total. The van der Waals surface area contributed by atoms with Crippen molar-refractivity contribution in [2.45, 2.75) is 11.4 Å². The van der Waals surface area contributed by atoms with Gasteiger partial charge in [-0.15, -0.1) is 3.89 Å². The van der Waals surface area contributed by atoms with Gasteiger partial charge in [-0.25, -0.2) is 4.98 Å². The maximum absolute atomic E-state index is 12.7. The van der Waals surface area contributed by atoms with Gasteiger partial charge in [-0.3, -0.25) is 0 Å². The Balaban J connectivity index is 1.73. The van der Waals surface area contributed by atoms with Crippen LogP contribution in [0, 0.1) is 0 Å². The highest BCUT2D eigenvalue weighted by Crippen LogP contribution is 2.13. The molecule has 1 heterocycles. The fraction of sp³-hybridized carbons (Fsp3) is 0.214. The number of halogens is 1. The zero-order valence-electron chi connectivity index (χ0n) is 11.7. The topological polar surface area (TPSA) is 94.3 Å². The lowest BCUT2D eigenvalue weighted by atomic mass is 10.2. The number of pyridine rings is 1. The quantitative estimate of drug-likeness (QED) is 0.592. The van der Waals surface area contributed by atoms with Crippen LogP contribution in [0.5, 0.6) is 5.75 Å². The van der Waals surface area contributed by atoms with E-state index in [1.54, 1.807) is 30.5 Å². The number of nitrogens with one attached hydrogen (secondary N) is 1. The van der Waals surface area contributed by atoms with Crippen LogP contribution in [0.4, 0.5) is 9.70 Å². The van der Waals surface area contributed by atoms with Gasteiger partial charge in [0.15, 0.2) is 0 Å². The summed E-state index contributed by atoms with van der Waals surface area (Å²) in [6.07, 6.45) is 1.57. The number of benzene rings is 1. The minimum Gasteiger partial charge on any atom is -0.492 e. The number of rotatable bonds is 7. The molecule has 0 unspecified atom stereocenters. The van der Waals surface area contributed by atoms with E-state index < -0.39 is 10.2 Å². The maximum Gasteiger partial charge on any atom is 0.332 e. The summed E-state index contributed by atoms with van der Waals surface area (Å²) in [7, 11) is -4.64. The molecule has 0 aliphatic rings. The van der Waals surface area contributed by atoms with Crippen molar-refractivity contribution in [2.75, 3.05) is 18.9 Å². The van der Waals surface area contributed by atoms with E-state index in [1.807, 2.05) is 0 Å². The van der Waals surface area contributed by atoms with Gasteiger partial charge in [-0.2, -0.15) is 8.42 Å². The number of nitrogens with two attached hydrogens (primary N) is 1. The molecule has 2 aromatic rings. The fourth-order valence-corrected chi connectivity index (χ4v) is 2.22. The highest BCUT2D eigenvalue weighted by atomic mass is 32.3. The van der Waals surface area contributed by atoms with E-state index in [4.69, 9.17) is 10.5 Å². The van der Waals surface area contributed by atoms with Crippen LogP contribution in [0.2, 0.25) is 0 Å². The van der Waals surface area contributed by atoms with E-state index in [-0.39, 0.29) is 4.90 Å². The van der Waals surface area contributed by atoms with E-state index in [2.05, 4.69) is 10.3 Å². The van der Waals surface area contributed by atoms with Gasteiger partial charge in [0.2, 0.25) is 0 Å². The summed E-state index contributed by atoms with van der Waals surface area (Å²) >= 11 is 0. The van der Waals surface area contributed by atoms with E-state index in [9.17, 15) is 12.3 Å². The number of ether oxygens (including phenoxy) is 1. The molecule has 0 bridgehead atoms. The highest BCUT2D eigenvalue weighted by molar-refractivity contribution is 7.86. The SMILES string of the molecule is Nc1cc(OCCNCc2ccc(S(=O)(=O)F)cc2)ccn1. The molecule has 1 aromatic carbocycles. The van der Waals surface area contributed by atoms with E-state index in [0.717, 1.165) is 5.56 Å². The number of nitrogen functional groups attached to an aromatic ring is 1. The van der Waals surface area contributed by atoms with E-state index in [1.165, 1.54) is 12.1 Å². The minimum atomic E-state index is -4.64. The van der Waals surface area contributed by atoms with Gasteiger partial charge in [0, 0.05) is 25.4 Å². The smallest absolute Gasteiger partial charge is 0.332 e. The molecule has 0 amide bonds. The lowest BCUT2D eigenvalue weighted by Gasteiger charge is -2.08. The van der Waals surface area contributed by atoms with Gasteiger partial charge >= 0.3 is 10.2 Å². The molecule has 0 aliphatic carbocycles. The molecule has 0 saturated carbocycles. The average molecular weight is 325 g/mol. The summed E-state index contributed by atoms with van der Waals surface area (Å²) in [6.45, 7) is 1.56. The van der Waals surface area contributed by atoms with Crippen LogP contribution in [0.1, 0.15) is 5.56 Å². The van der Waals surface area contributed by atoms with E-state index in [0.29, 0.717) is 31.3 Å². The number of hydrogen-bond donors (Lipinski definition) is 2. The first-order valence-corrected chi connectivity index (χ1v) is 7.92. The molecule has 2 rings (SSSR count). The Morgan fingerprint density at radius 1 is 1.23 bits per heavy atom. The van der Waals surface area contributed by atoms with Crippen molar-refractivity contribution in [1.82, 2.24) is 10.3 Å². The van der Waals surface area contributed by atoms with Crippen molar-refractivity contribution in [3.8, 4) is 5.75 Å². The van der Waals surface area contributed by atoms with Crippen LogP contribution in [-0.4, -0.2) is 26.6 Å². The van der Waals surface area contributed by atoms with Gasteiger partial charge in [-0.1, -0.05) is 12.1 Å². The third-order valence-electron chi connectivity index (χ3n) is 2.83. The molecule has 1 aromatic heterocycles. The predicted molar refractivity (Wildman–Crippen MR) is 80.6 cm³/mol. The largest absolute Gasteiger partial charge is 0.492 e. The van der Waals surface area contributed by atoms with Crippen molar-refractivity contribution >= 4 is 16.0 Å². The lowest BCUT2D eigenvalue weighted by Crippen LogP contribution is -2.20. The summed E-state index contributed by atoms with van der Waals surface area (Å²) < 4.78 is 39.6. The van der Waals surface area contributed by atoms with Gasteiger partial charge < -0.3 is 15.8 Å². The van der Waals surface area contributed by atoms with Gasteiger partial charge in [-0.05, 0) is 23.8 Å². The normalized spacial score (nSPS) is 11.3. The second-order valence-corrected chi connectivity index (χ2v) is 5.87. The third-order valence-corrected chi connectivity index (χ3v) is 3.67. The van der Waals surface area contributed by atoms with Gasteiger partial charge in [0.25, 0.3) is 0 Å². The monoisotopic (exact) mass is 325 g/mol. The van der Waals surface area contributed by atoms with Crippen LogP contribution in [-0.2, 0) is 16.8 Å². The van der Waals surface area contributed by atoms with Crippen molar-refractivity contribution in [2.24, 2.45) is 0 Å². The number of hydrogen-bond acceptors (Lipinski definition) is 6. The Hall–Kier alpha value is -2.19. The first-order chi connectivity index (χ1) is 10.4. The predicted octanol–water partition coefficient (Wildman–Crippen LogP) is 1.49. The molecule has 0 aliphatic heterocycles. The Morgan fingerprint density at radius 3 is 2.59 bits per heavy atom. The summed E-state index contributed by atoms with van der Waals surface area (Å²) in [6, 6.07) is 8.95. The van der Waals surface area contributed by atoms with Crippen LogP contribution in [0.3, 0.4) is 0 Å². The summed E-state index contributed by atoms with van der Waals surface area (Å²) in [5.41, 5.74) is 6.38. The molecule has 118 valence electrons. The molecule has 22 heavy (non-hydrogen) atoms. The molecule has 0 spiro atoms. The second kappa shape index (κ2) is 7.19. The van der Waals surface area contributed by atoms with Crippen LogP contribution >= 0.6 is 0 Å². The van der Waals surface area contributed by atoms with Crippen molar-refractivity contribution in [3.05, 3.63) is 48.2 Å². The fourth-order valence-electron chi connectivity index (χ4n) is 1.76. The van der Waals surface area contributed by atoms with Crippen molar-refractivity contribution < 1.29 is 17.0 Å². The highest BCUT2D eigenvalue weighted by Gasteiger charge is 2.10. The summed E-state index contributed by atoms with van der Waals surface area (Å²) in [4.78, 5) is 3.52. The summed E-state index contributed by atoms with van der Waals surface area (Å²) in [5, 5.41) is 3.13. The second-order valence-electron chi connectivity index (χ2n) is 4.52. The number of aromatic nitrogens is 1. The summed E-state index contributed by atoms with van der Waals surface area (Å²) in [5.74, 6) is 1.04. The Labute approximate surface area is 128 Å². The van der Waals surface area contributed by atoms with Gasteiger partial charge in [0.1, 0.15) is 18.2 Å². The number of anilines is 1. The molecule has 0 saturated heterocycles. The molecule has 0 atom stereocenters. The standard InChI is InChI=1S/C14H16FN3O3S/c15-22(19,20)13-3-1-11(2-4-13)10-17-7-8-21-12-5-6-18-14(16)9-12/h1-6,9,17H,7-8,10H2,(H2,16,18). The van der Waals surface area contributed by atoms with Crippen LogP contribution in [0.25, 0.3) is 0 Å². The molecule has 8 heteroatoms. The Morgan fingerprint density at radius 2 is 1.95 bits per heavy atom. The van der Waals surface area contributed by atoms with Gasteiger partial charge in [0.05, 0.1) is 4.90 Å². The molecule has 0 fully saturated rings. The Bertz CT molecular complexity index is 720. The molecule has 0 radical (unpaired) electrons. The maximum atomic E-state index is 12.7. The third kappa shape index (κ3) is 4.97. The zero-order valence-corrected chi connectivity index (χ0v) is 12.5. The molecular weight excluding hydrogens is 309 g/mol. The number of nitrogens with zero attached hydrogens (tertiary/aromatic N) is 1.